The summed E-state index contributed by atoms with van der Waals surface area (Å²) in [4.78, 5) is 26.2. The number of hydrogen-bond acceptors (Lipinski definition) is 5. The maximum atomic E-state index is 12.3. The van der Waals surface area contributed by atoms with Crippen LogP contribution in [0.5, 0.6) is 0 Å². The van der Waals surface area contributed by atoms with E-state index in [4.69, 9.17) is 11.6 Å². The summed E-state index contributed by atoms with van der Waals surface area (Å²) < 4.78 is 0. The van der Waals surface area contributed by atoms with Gasteiger partial charge in [-0.15, -0.1) is 0 Å². The van der Waals surface area contributed by atoms with Crippen LogP contribution in [0, 0.1) is 21.4 Å². The first-order valence-corrected chi connectivity index (χ1v) is 6.89. The third kappa shape index (κ3) is 3.11. The molecule has 1 aliphatic carbocycles. The number of carbonyl (C=O) groups is 1. The van der Waals surface area contributed by atoms with E-state index in [1.54, 1.807) is 0 Å². The van der Waals surface area contributed by atoms with Crippen molar-refractivity contribution in [1.29, 1.82) is 5.26 Å². The second-order valence-electron chi connectivity index (χ2n) is 4.96. The molecule has 1 saturated carbocycles. The predicted octanol–water partition coefficient (Wildman–Crippen LogP) is 2.60. The molecule has 1 aromatic heterocycles. The molecule has 1 aromatic rings. The maximum absolute atomic E-state index is 12.3. The number of nitro groups is 1. The Labute approximate surface area is 126 Å². The molecule has 0 saturated heterocycles. The van der Waals surface area contributed by atoms with Gasteiger partial charge in [0.2, 0.25) is 5.15 Å². The van der Waals surface area contributed by atoms with Crippen LogP contribution in [0.15, 0.2) is 12.3 Å². The van der Waals surface area contributed by atoms with Gasteiger partial charge in [0.1, 0.15) is 11.1 Å². The largest absolute Gasteiger partial charge is 0.333 e. The first-order chi connectivity index (χ1) is 9.99. The quantitative estimate of drug-likeness (QED) is 0.524. The highest BCUT2D eigenvalue weighted by Gasteiger charge is 2.36. The number of nitriles is 1. The summed E-state index contributed by atoms with van der Waals surface area (Å²) in [5.74, 6) is -0.672. The van der Waals surface area contributed by atoms with Crippen LogP contribution in [-0.4, -0.2) is 21.4 Å². The number of aromatic nitrogens is 1. The van der Waals surface area contributed by atoms with E-state index in [2.05, 4.69) is 16.4 Å². The van der Waals surface area contributed by atoms with Crippen LogP contribution in [-0.2, 0) is 0 Å². The Morgan fingerprint density at radius 1 is 1.48 bits per heavy atom. The average molecular weight is 309 g/mol. The summed E-state index contributed by atoms with van der Waals surface area (Å²) in [6.45, 7) is 0. The van der Waals surface area contributed by atoms with Crippen LogP contribution in [0.4, 0.5) is 5.69 Å². The van der Waals surface area contributed by atoms with Crippen LogP contribution < -0.4 is 5.32 Å². The zero-order chi connectivity index (χ0) is 15.5. The van der Waals surface area contributed by atoms with Crippen molar-refractivity contribution in [3.8, 4) is 6.07 Å². The minimum Gasteiger partial charge on any atom is -0.333 e. The van der Waals surface area contributed by atoms with Gasteiger partial charge in [0, 0.05) is 6.20 Å². The predicted molar refractivity (Wildman–Crippen MR) is 74.8 cm³/mol. The summed E-state index contributed by atoms with van der Waals surface area (Å²) in [5.41, 5.74) is -1.68. The number of nitrogens with one attached hydrogen (secondary N) is 1. The second-order valence-corrected chi connectivity index (χ2v) is 5.32. The first kappa shape index (κ1) is 15.2. The standard InChI is InChI=1S/C13H13ClN4O3/c14-11-10(18(20)21)9(4-7-16-11)12(19)17-13(8-15)5-2-1-3-6-13/h4,7H,1-3,5-6H2,(H,17,19). The average Bonchev–Trinajstić information content (AvgIpc) is 2.47. The molecule has 21 heavy (non-hydrogen) atoms. The van der Waals surface area contributed by atoms with E-state index in [9.17, 15) is 20.2 Å². The van der Waals surface area contributed by atoms with Crippen molar-refractivity contribution < 1.29 is 9.72 Å². The summed E-state index contributed by atoms with van der Waals surface area (Å²) in [6.07, 6.45) is 5.01. The highest BCUT2D eigenvalue weighted by atomic mass is 35.5. The van der Waals surface area contributed by atoms with Gasteiger partial charge in [0.15, 0.2) is 0 Å². The summed E-state index contributed by atoms with van der Waals surface area (Å²) >= 11 is 5.68. The van der Waals surface area contributed by atoms with E-state index in [-0.39, 0.29) is 10.7 Å². The lowest BCUT2D eigenvalue weighted by atomic mass is 9.82. The number of amides is 1. The van der Waals surface area contributed by atoms with Gasteiger partial charge in [-0.05, 0) is 18.9 Å². The molecular weight excluding hydrogens is 296 g/mol. The summed E-state index contributed by atoms with van der Waals surface area (Å²) in [7, 11) is 0. The lowest BCUT2D eigenvalue weighted by Crippen LogP contribution is -2.48. The number of hydrogen-bond donors (Lipinski definition) is 1. The number of nitrogens with zero attached hydrogens (tertiary/aromatic N) is 3. The molecule has 0 spiro atoms. The van der Waals surface area contributed by atoms with Crippen molar-refractivity contribution in [3.63, 3.8) is 0 Å². The topological polar surface area (TPSA) is 109 Å². The number of pyridine rings is 1. The molecule has 2 rings (SSSR count). The van der Waals surface area contributed by atoms with Gasteiger partial charge in [-0.1, -0.05) is 30.9 Å². The van der Waals surface area contributed by atoms with Crippen LogP contribution in [0.3, 0.4) is 0 Å². The van der Waals surface area contributed by atoms with Crippen molar-refractivity contribution >= 4 is 23.2 Å². The van der Waals surface area contributed by atoms with Crippen molar-refractivity contribution in [2.75, 3.05) is 0 Å². The summed E-state index contributed by atoms with van der Waals surface area (Å²) in [5, 5.41) is 22.6. The Kier molecular flexibility index (Phi) is 4.38. The van der Waals surface area contributed by atoms with Crippen LogP contribution in [0.1, 0.15) is 42.5 Å². The zero-order valence-corrected chi connectivity index (χ0v) is 11.9. The van der Waals surface area contributed by atoms with Crippen LogP contribution >= 0.6 is 11.6 Å². The van der Waals surface area contributed by atoms with Gasteiger partial charge >= 0.3 is 5.69 Å². The number of halogens is 1. The molecule has 0 bridgehead atoms. The van der Waals surface area contributed by atoms with E-state index in [0.29, 0.717) is 12.8 Å². The minimum atomic E-state index is -0.959. The fourth-order valence-electron chi connectivity index (χ4n) is 2.49. The van der Waals surface area contributed by atoms with E-state index in [1.165, 1.54) is 12.3 Å². The molecule has 0 aliphatic heterocycles. The molecular formula is C13H13ClN4O3. The Bertz CT molecular complexity index is 620. The highest BCUT2D eigenvalue weighted by molar-refractivity contribution is 6.32. The van der Waals surface area contributed by atoms with Crippen molar-refractivity contribution in [3.05, 3.63) is 33.1 Å². The molecule has 0 aromatic carbocycles. The zero-order valence-electron chi connectivity index (χ0n) is 11.1. The lowest BCUT2D eigenvalue weighted by molar-refractivity contribution is -0.385. The molecule has 8 heteroatoms. The third-order valence-electron chi connectivity index (χ3n) is 3.58. The van der Waals surface area contributed by atoms with Crippen LogP contribution in [0.25, 0.3) is 0 Å². The monoisotopic (exact) mass is 308 g/mol. The molecule has 1 heterocycles. The van der Waals surface area contributed by atoms with Gasteiger partial charge in [-0.2, -0.15) is 5.26 Å². The molecule has 1 N–H and O–H groups in total. The molecule has 1 aliphatic rings. The number of rotatable bonds is 3. The molecule has 7 nitrogen and oxygen atoms in total. The van der Waals surface area contributed by atoms with Gasteiger partial charge in [0.25, 0.3) is 5.91 Å². The highest BCUT2D eigenvalue weighted by Crippen LogP contribution is 2.30. The fourth-order valence-corrected chi connectivity index (χ4v) is 2.72. The second kappa shape index (κ2) is 6.06. The van der Waals surface area contributed by atoms with E-state index >= 15 is 0 Å². The molecule has 1 amide bonds. The van der Waals surface area contributed by atoms with E-state index < -0.39 is 22.1 Å². The fraction of sp³-hybridized carbons (Fsp3) is 0.462. The van der Waals surface area contributed by atoms with Gasteiger partial charge in [-0.25, -0.2) is 4.98 Å². The van der Waals surface area contributed by atoms with Crippen molar-refractivity contribution in [2.24, 2.45) is 0 Å². The normalized spacial score (nSPS) is 16.8. The number of carbonyl (C=O) groups excluding carboxylic acids is 1. The van der Waals surface area contributed by atoms with Crippen molar-refractivity contribution in [1.82, 2.24) is 10.3 Å². The molecule has 0 radical (unpaired) electrons. The smallest absolute Gasteiger partial charge is 0.319 e. The minimum absolute atomic E-state index is 0.180. The molecule has 1 fully saturated rings. The molecule has 110 valence electrons. The maximum Gasteiger partial charge on any atom is 0.319 e. The third-order valence-corrected chi connectivity index (χ3v) is 3.86. The van der Waals surface area contributed by atoms with Crippen molar-refractivity contribution in [2.45, 2.75) is 37.6 Å². The van der Waals surface area contributed by atoms with Gasteiger partial charge in [0.05, 0.1) is 11.0 Å². The lowest BCUT2D eigenvalue weighted by Gasteiger charge is -2.31. The molecule has 0 atom stereocenters. The first-order valence-electron chi connectivity index (χ1n) is 6.52. The Balaban J connectivity index is 2.31. The van der Waals surface area contributed by atoms with E-state index in [1.807, 2.05) is 0 Å². The Hall–Kier alpha value is -2.20. The Morgan fingerprint density at radius 2 is 2.14 bits per heavy atom. The van der Waals surface area contributed by atoms with E-state index in [0.717, 1.165) is 19.3 Å². The van der Waals surface area contributed by atoms with Gasteiger partial charge < -0.3 is 5.32 Å². The SMILES string of the molecule is N#CC1(NC(=O)c2ccnc(Cl)c2[N+](=O)[O-])CCCCC1. The molecule has 0 unspecified atom stereocenters. The van der Waals surface area contributed by atoms with Gasteiger partial charge in [-0.3, -0.25) is 14.9 Å². The summed E-state index contributed by atoms with van der Waals surface area (Å²) in [6, 6.07) is 3.36. The Morgan fingerprint density at radius 3 is 2.71 bits per heavy atom. The van der Waals surface area contributed by atoms with Crippen LogP contribution in [0.2, 0.25) is 5.15 Å².